The van der Waals surface area contributed by atoms with Crippen LogP contribution < -0.4 is 10.9 Å². The lowest BCUT2D eigenvalue weighted by Gasteiger charge is -2.11. The number of nitrogens with zero attached hydrogens (tertiary/aromatic N) is 2. The van der Waals surface area contributed by atoms with E-state index in [-0.39, 0.29) is 11.5 Å². The third kappa shape index (κ3) is 3.87. The number of aryl methyl sites for hydroxylation is 2. The molecule has 0 spiro atoms. The van der Waals surface area contributed by atoms with Crippen LogP contribution in [0.2, 0.25) is 0 Å². The summed E-state index contributed by atoms with van der Waals surface area (Å²) in [5.74, 6) is -0.370. The van der Waals surface area contributed by atoms with Gasteiger partial charge in [-0.3, -0.25) is 25.0 Å². The minimum atomic E-state index is -0.557. The van der Waals surface area contributed by atoms with Crippen LogP contribution in [-0.4, -0.2) is 27.6 Å². The van der Waals surface area contributed by atoms with Gasteiger partial charge in [-0.25, -0.2) is 9.37 Å². The van der Waals surface area contributed by atoms with Crippen molar-refractivity contribution in [1.82, 2.24) is 20.4 Å². The van der Waals surface area contributed by atoms with Crippen molar-refractivity contribution in [1.29, 1.82) is 0 Å². The van der Waals surface area contributed by atoms with E-state index >= 15 is 0 Å². The van der Waals surface area contributed by atoms with Crippen LogP contribution in [0, 0.1) is 19.7 Å². The molecule has 3 rings (SSSR count). The zero-order valence-electron chi connectivity index (χ0n) is 14.9. The van der Waals surface area contributed by atoms with Crippen molar-refractivity contribution in [2.75, 3.05) is 6.26 Å². The van der Waals surface area contributed by atoms with Crippen molar-refractivity contribution < 1.29 is 18.4 Å². The quantitative estimate of drug-likeness (QED) is 0.530. The summed E-state index contributed by atoms with van der Waals surface area (Å²) >= 11 is 1.34. The topological polar surface area (TPSA) is 89.2 Å². The summed E-state index contributed by atoms with van der Waals surface area (Å²) < 4.78 is 20.1. The molecule has 140 valence electrons. The second-order valence-corrected chi connectivity index (χ2v) is 6.45. The molecule has 9 heteroatoms. The first-order chi connectivity index (χ1) is 12.9. The number of amides is 2. The van der Waals surface area contributed by atoms with Crippen LogP contribution in [0.1, 0.15) is 32.4 Å². The molecule has 0 aliphatic heterocycles. The van der Waals surface area contributed by atoms with Crippen LogP contribution in [0.15, 0.2) is 46.1 Å². The first kappa shape index (κ1) is 18.7. The number of rotatable bonds is 4. The Kier molecular flexibility index (Phi) is 5.31. The van der Waals surface area contributed by atoms with Crippen LogP contribution in [-0.2, 0) is 0 Å². The average Bonchev–Trinajstić information content (AvgIpc) is 3.22. The van der Waals surface area contributed by atoms with Crippen molar-refractivity contribution in [3.8, 4) is 5.69 Å². The molecular formula is C18H17FN4O3S. The maximum absolute atomic E-state index is 13.2. The van der Waals surface area contributed by atoms with Crippen molar-refractivity contribution in [2.24, 2.45) is 0 Å². The lowest BCUT2D eigenvalue weighted by atomic mass is 10.2. The van der Waals surface area contributed by atoms with Gasteiger partial charge < -0.3 is 4.42 Å². The molecule has 2 N–H and O–H groups in total. The van der Waals surface area contributed by atoms with E-state index < -0.39 is 11.8 Å². The van der Waals surface area contributed by atoms with Crippen molar-refractivity contribution in [3.05, 3.63) is 65.1 Å². The Morgan fingerprint density at radius 1 is 1.15 bits per heavy atom. The largest absolute Gasteiger partial charge is 0.466 e. The van der Waals surface area contributed by atoms with E-state index in [1.807, 2.05) is 6.26 Å². The van der Waals surface area contributed by atoms with Gasteiger partial charge in [0.2, 0.25) is 0 Å². The number of benzene rings is 1. The summed E-state index contributed by atoms with van der Waals surface area (Å²) in [4.78, 5) is 29.0. The molecule has 0 saturated heterocycles. The number of furan rings is 1. The third-order valence-electron chi connectivity index (χ3n) is 3.80. The smallest absolute Gasteiger partial charge is 0.288 e. The molecule has 0 atom stereocenters. The molecule has 2 amide bonds. The van der Waals surface area contributed by atoms with Gasteiger partial charge in [-0.15, -0.1) is 0 Å². The maximum atomic E-state index is 13.2. The van der Waals surface area contributed by atoms with E-state index in [9.17, 15) is 14.0 Å². The molecule has 2 aromatic heterocycles. The molecule has 1 aromatic carbocycles. The van der Waals surface area contributed by atoms with Crippen LogP contribution >= 0.6 is 11.8 Å². The van der Waals surface area contributed by atoms with E-state index in [1.54, 1.807) is 36.6 Å². The number of imidazole rings is 1. The van der Waals surface area contributed by atoms with E-state index in [2.05, 4.69) is 15.8 Å². The molecule has 0 unspecified atom stereocenters. The number of carbonyl (C=O) groups is 2. The summed E-state index contributed by atoms with van der Waals surface area (Å²) in [6.07, 6.45) is 3.21. The molecule has 2 heterocycles. The summed E-state index contributed by atoms with van der Waals surface area (Å²) in [5, 5.41) is 0.555. The maximum Gasteiger partial charge on any atom is 0.288 e. The Morgan fingerprint density at radius 2 is 1.81 bits per heavy atom. The normalized spacial score (nSPS) is 10.7. The number of aromatic nitrogens is 2. The zero-order chi connectivity index (χ0) is 19.6. The summed E-state index contributed by atoms with van der Waals surface area (Å²) in [7, 11) is 0. The van der Waals surface area contributed by atoms with E-state index in [0.717, 1.165) is 0 Å². The fourth-order valence-electron chi connectivity index (χ4n) is 2.58. The minimum absolute atomic E-state index is 0.200. The van der Waals surface area contributed by atoms with Gasteiger partial charge in [0, 0.05) is 5.69 Å². The third-order valence-corrected chi connectivity index (χ3v) is 4.46. The Balaban J connectivity index is 1.81. The molecule has 0 fully saturated rings. The Bertz CT molecular complexity index is 995. The molecular weight excluding hydrogens is 371 g/mol. The van der Waals surface area contributed by atoms with Gasteiger partial charge in [0.05, 0.1) is 11.8 Å². The fraction of sp³-hybridized carbons (Fsp3) is 0.167. The van der Waals surface area contributed by atoms with Crippen molar-refractivity contribution in [2.45, 2.75) is 19.0 Å². The number of halogens is 1. The highest BCUT2D eigenvalue weighted by Crippen LogP contribution is 2.22. The molecule has 0 aliphatic rings. The van der Waals surface area contributed by atoms with Gasteiger partial charge >= 0.3 is 0 Å². The van der Waals surface area contributed by atoms with Gasteiger partial charge in [0.25, 0.3) is 11.8 Å². The van der Waals surface area contributed by atoms with Gasteiger partial charge in [-0.2, -0.15) is 0 Å². The first-order valence-electron chi connectivity index (χ1n) is 7.96. The summed E-state index contributed by atoms with van der Waals surface area (Å²) in [6.45, 7) is 3.39. The molecule has 27 heavy (non-hydrogen) atoms. The predicted octanol–water partition coefficient (Wildman–Crippen LogP) is 3.02. The van der Waals surface area contributed by atoms with Crippen LogP contribution in [0.25, 0.3) is 5.69 Å². The SMILES string of the molecule is CSc1ncc(C(=O)NNC(=O)c2cc(C)oc2C)n1-c1ccc(F)cc1. The second kappa shape index (κ2) is 7.67. The second-order valence-electron chi connectivity index (χ2n) is 5.68. The van der Waals surface area contributed by atoms with Crippen LogP contribution in [0.3, 0.4) is 0 Å². The first-order valence-corrected chi connectivity index (χ1v) is 9.18. The average molecular weight is 388 g/mol. The lowest BCUT2D eigenvalue weighted by Crippen LogP contribution is -2.42. The molecule has 0 radical (unpaired) electrons. The Hall–Kier alpha value is -3.07. The molecule has 7 nitrogen and oxygen atoms in total. The number of hydrogen-bond acceptors (Lipinski definition) is 5. The van der Waals surface area contributed by atoms with Gasteiger partial charge in [-0.1, -0.05) is 11.8 Å². The Morgan fingerprint density at radius 3 is 2.41 bits per heavy atom. The Labute approximate surface area is 158 Å². The van der Waals surface area contributed by atoms with E-state index in [4.69, 9.17) is 4.42 Å². The number of carbonyl (C=O) groups excluding carboxylic acids is 2. The minimum Gasteiger partial charge on any atom is -0.466 e. The molecule has 0 saturated carbocycles. The molecule has 0 aliphatic carbocycles. The van der Waals surface area contributed by atoms with Gasteiger partial charge in [0.1, 0.15) is 23.0 Å². The number of hydrazine groups is 1. The van der Waals surface area contributed by atoms with E-state index in [0.29, 0.717) is 27.9 Å². The van der Waals surface area contributed by atoms with Crippen LogP contribution in [0.4, 0.5) is 4.39 Å². The zero-order valence-corrected chi connectivity index (χ0v) is 15.7. The van der Waals surface area contributed by atoms with Crippen molar-refractivity contribution >= 4 is 23.6 Å². The molecule has 3 aromatic rings. The number of hydrogen-bond donors (Lipinski definition) is 2. The van der Waals surface area contributed by atoms with Crippen molar-refractivity contribution in [3.63, 3.8) is 0 Å². The number of thioether (sulfide) groups is 1. The van der Waals surface area contributed by atoms with Gasteiger partial charge in [0.15, 0.2) is 5.16 Å². The fourth-order valence-corrected chi connectivity index (χ4v) is 3.12. The predicted molar refractivity (Wildman–Crippen MR) is 98.4 cm³/mol. The molecule has 0 bridgehead atoms. The number of nitrogens with one attached hydrogen (secondary N) is 2. The highest BCUT2D eigenvalue weighted by molar-refractivity contribution is 7.98. The highest BCUT2D eigenvalue weighted by Gasteiger charge is 2.19. The summed E-state index contributed by atoms with van der Waals surface area (Å²) in [6, 6.07) is 7.28. The summed E-state index contributed by atoms with van der Waals surface area (Å²) in [5.41, 5.74) is 5.85. The van der Waals surface area contributed by atoms with E-state index in [1.165, 1.54) is 30.1 Å². The monoisotopic (exact) mass is 388 g/mol. The van der Waals surface area contributed by atoms with Gasteiger partial charge in [-0.05, 0) is 50.4 Å². The standard InChI is InChI=1S/C18H17FN4O3S/c1-10-8-14(11(2)26-10)16(24)21-22-17(25)15-9-20-18(27-3)23(15)13-6-4-12(19)5-7-13/h4-9H,1-3H3,(H,21,24)(H,22,25). The van der Waals surface area contributed by atoms with Crippen LogP contribution in [0.5, 0.6) is 0 Å². The highest BCUT2D eigenvalue weighted by atomic mass is 32.2. The lowest BCUT2D eigenvalue weighted by molar-refractivity contribution is 0.0841.